The summed E-state index contributed by atoms with van der Waals surface area (Å²) in [6.45, 7) is 17.2. The number of aliphatic hydroxyl groups excluding tert-OH is 1. The van der Waals surface area contributed by atoms with E-state index in [1.54, 1.807) is 24.5 Å². The summed E-state index contributed by atoms with van der Waals surface area (Å²) in [5.41, 5.74) is 3.31. The second-order valence-corrected chi connectivity index (χ2v) is 24.9. The van der Waals surface area contributed by atoms with Gasteiger partial charge in [0.15, 0.2) is 12.4 Å². The quantitative estimate of drug-likeness (QED) is 0.0236. The van der Waals surface area contributed by atoms with Gasteiger partial charge < -0.3 is 53.5 Å². The van der Waals surface area contributed by atoms with Crippen LogP contribution >= 0.6 is 34.8 Å². The number of nitrogens with zero attached hydrogens (tertiary/aromatic N) is 7. The lowest BCUT2D eigenvalue weighted by Crippen LogP contribution is -3.00. The predicted octanol–water partition coefficient (Wildman–Crippen LogP) is 17.2. The number of nitrogens with two attached hydrogens (primary N) is 1. The van der Waals surface area contributed by atoms with Crippen LogP contribution in [0.2, 0.25) is 0 Å². The number of anilines is 5. The molecule has 0 spiro atoms. The molecule has 0 saturated carbocycles. The molecule has 1 amide bonds. The number of pyridine rings is 2. The molecule has 2 aromatic heterocycles. The zero-order valence-corrected chi connectivity index (χ0v) is 62.9. The van der Waals surface area contributed by atoms with Crippen LogP contribution in [0.4, 0.5) is 96.9 Å². The van der Waals surface area contributed by atoms with Gasteiger partial charge in [-0.25, -0.2) is 4.98 Å². The lowest BCUT2D eigenvalue weighted by Gasteiger charge is -2.26. The Morgan fingerprint density at radius 3 is 1.24 bits per heavy atom. The summed E-state index contributed by atoms with van der Waals surface area (Å²) in [4.78, 5) is 57.0. The number of amides is 1. The molecule has 35 heteroatoms. The van der Waals surface area contributed by atoms with Crippen LogP contribution < -0.4 is 48.5 Å². The van der Waals surface area contributed by atoms with Gasteiger partial charge in [-0.1, -0.05) is 79.6 Å². The number of alkyl halides is 14. The standard InChI is InChI=1S/C19H20F3N3O.C13H15F3N2O2.C13H17F3N2.C7H3F4NO2.C6H4ClNO.C6H13N.C6H15N.CH2Cl2.CH4O.CH4.ClH/c20-19(21,22)15-5-6-17(25-11-3-1-2-4-12-25)16(13-15)24-18(26)14-7-9-23-10-8-14;14-13(15,16)10-5-6-11(12(9-10)18(19)20)17-7-3-1-2-4-8-17;14-13(15,16)10-5-6-12(11(17)9-10)18-7-3-1-2-4-8-18;8-5-2-1-4(7(9,10)11)3-6(5)12(13)14;7-6(9)5-1-3-8-4-2-5;1-2-4-6-7-5-3-1;1-4-7(5-2)6-3;2-1-3;1-2;;/h5-10,13H,1-4,11-12H2,(H,24,26);5-6,9H,1-4,7-8H2;5-6,9H,1-4,7-8,17H2;1-3H;1-4H;7H,1-6H2;4-6H2,1-3H3;1H2;2H,1H3;1H4;1H. The van der Waals surface area contributed by atoms with Crippen molar-refractivity contribution in [2.75, 3.05) is 110 Å². The molecule has 6 aromatic rings. The molecule has 0 bridgehead atoms. The minimum Gasteiger partial charge on any atom is -1.00 e. The Labute approximate surface area is 644 Å². The number of aliphatic hydroxyl groups is 1. The molecule has 0 atom stereocenters. The number of halogens is 17. The fourth-order valence-electron chi connectivity index (χ4n) is 10.8. The first-order valence-corrected chi connectivity index (χ1v) is 35.8. The van der Waals surface area contributed by atoms with Crippen molar-refractivity contribution in [3.05, 3.63) is 181 Å². The number of benzene rings is 4. The maximum atomic E-state index is 13.1. The lowest BCUT2D eigenvalue weighted by atomic mass is 10.1. The third kappa shape index (κ3) is 38.2. The van der Waals surface area contributed by atoms with E-state index < -0.39 is 85.1 Å². The van der Waals surface area contributed by atoms with Gasteiger partial charge in [-0.2, -0.15) is 57.1 Å². The molecule has 4 aliphatic rings. The highest BCUT2D eigenvalue weighted by Gasteiger charge is 2.36. The van der Waals surface area contributed by atoms with Crippen LogP contribution in [0.1, 0.15) is 174 Å². The Morgan fingerprint density at radius 2 is 0.880 bits per heavy atom. The average Bonchev–Trinajstić information content (AvgIpc) is 0.982. The van der Waals surface area contributed by atoms with E-state index in [9.17, 15) is 86.9 Å². The normalized spacial score (nSPS) is 14.4. The fourth-order valence-corrected chi connectivity index (χ4v) is 11.0. The van der Waals surface area contributed by atoms with Crippen LogP contribution in [0.25, 0.3) is 0 Å². The minimum atomic E-state index is -4.71. The van der Waals surface area contributed by atoms with E-state index in [1.165, 1.54) is 114 Å². The van der Waals surface area contributed by atoms with Gasteiger partial charge in [-0.15, -0.1) is 23.2 Å². The van der Waals surface area contributed by atoms with Crippen LogP contribution in [0.3, 0.4) is 0 Å². The molecule has 108 heavy (non-hydrogen) atoms. The summed E-state index contributed by atoms with van der Waals surface area (Å²) >= 11 is 14.7. The van der Waals surface area contributed by atoms with Gasteiger partial charge >= 0.3 is 30.4 Å². The van der Waals surface area contributed by atoms with Gasteiger partial charge in [0, 0.05) is 94.2 Å². The summed E-state index contributed by atoms with van der Waals surface area (Å²) in [5, 5.41) is 33.9. The molecule has 18 nitrogen and oxygen atoms in total. The lowest BCUT2D eigenvalue weighted by molar-refractivity contribution is -0.387. The number of aromatic amines is 1. The van der Waals surface area contributed by atoms with Gasteiger partial charge in [-0.3, -0.25) is 34.8 Å². The Morgan fingerprint density at radius 1 is 0.537 bits per heavy atom. The molecule has 606 valence electrons. The molecule has 6 N–H and O–H groups in total. The highest BCUT2D eigenvalue weighted by molar-refractivity contribution is 6.67. The predicted molar refractivity (Wildman–Crippen MR) is 397 cm³/mol. The first-order valence-electron chi connectivity index (χ1n) is 34.4. The van der Waals surface area contributed by atoms with E-state index in [-0.39, 0.29) is 48.3 Å². The summed E-state index contributed by atoms with van der Waals surface area (Å²) < 4.78 is 164. The van der Waals surface area contributed by atoms with Crippen molar-refractivity contribution >= 4 is 85.8 Å². The van der Waals surface area contributed by atoms with E-state index in [1.807, 2.05) is 4.90 Å². The second kappa shape index (κ2) is 53.3. The first-order chi connectivity index (χ1) is 50.2. The van der Waals surface area contributed by atoms with Crippen molar-refractivity contribution in [2.45, 2.75) is 156 Å². The molecule has 4 fully saturated rings. The van der Waals surface area contributed by atoms with Crippen molar-refractivity contribution < 1.29 is 99.0 Å². The van der Waals surface area contributed by atoms with E-state index in [2.05, 4.69) is 56.1 Å². The van der Waals surface area contributed by atoms with Crippen molar-refractivity contribution in [1.82, 2.24) is 15.2 Å². The number of nitro benzene ring substituents is 2. The maximum absolute atomic E-state index is 13.1. The van der Waals surface area contributed by atoms with Crippen LogP contribution in [-0.2, 0) is 24.7 Å². The smallest absolute Gasteiger partial charge is 0.416 e. The molecule has 0 radical (unpaired) electrons. The number of hydrogen-bond acceptors (Lipinski definition) is 14. The van der Waals surface area contributed by atoms with Crippen LogP contribution in [0.15, 0.2) is 122 Å². The molecule has 0 aliphatic carbocycles. The summed E-state index contributed by atoms with van der Waals surface area (Å²) in [7, 11) is 1.00. The molecule has 4 saturated heterocycles. The van der Waals surface area contributed by atoms with Crippen LogP contribution in [-0.4, -0.2) is 120 Å². The average molecular weight is 1630 g/mol. The number of H-pyrrole nitrogens is 1. The zero-order chi connectivity index (χ0) is 79.5. The molecule has 6 heterocycles. The molecular weight excluding hydrogens is 1530 g/mol. The Kier molecular flexibility index (Phi) is 49.6. The monoisotopic (exact) mass is 1630 g/mol. The molecule has 10 rings (SSSR count). The summed E-state index contributed by atoms with van der Waals surface area (Å²) in [5.74, 6) is -1.74. The third-order valence-corrected chi connectivity index (χ3v) is 16.6. The minimum absolute atomic E-state index is 0. The van der Waals surface area contributed by atoms with Crippen LogP contribution in [0.5, 0.6) is 0 Å². The number of rotatable bonds is 11. The second-order valence-electron chi connectivity index (χ2n) is 23.7. The number of carbonyl (C=O) groups is 2. The molecule has 0 unspecified atom stereocenters. The van der Waals surface area contributed by atoms with Gasteiger partial charge in [-0.05, 0) is 168 Å². The van der Waals surface area contributed by atoms with E-state index >= 15 is 0 Å². The van der Waals surface area contributed by atoms with Gasteiger partial charge in [0.25, 0.3) is 16.8 Å². The number of nitrogens with one attached hydrogen (secondary N) is 3. The topological polar surface area (TPSA) is 231 Å². The number of nitro groups is 2. The molecular formula is C73H98Cl4F13N11O7. The van der Waals surface area contributed by atoms with Crippen molar-refractivity contribution in [2.24, 2.45) is 0 Å². The molecule has 4 aliphatic heterocycles. The highest BCUT2D eigenvalue weighted by atomic mass is 35.5. The fraction of sp³-hybridized carbons (Fsp3) is 0.507. The number of nitrogen functional groups attached to an aromatic ring is 1. The molecule has 4 aromatic carbocycles. The van der Waals surface area contributed by atoms with Crippen molar-refractivity contribution in [3.8, 4) is 0 Å². The third-order valence-electron chi connectivity index (χ3n) is 16.4. The van der Waals surface area contributed by atoms with Gasteiger partial charge in [0.2, 0.25) is 5.82 Å². The Hall–Kier alpha value is -7.55. The van der Waals surface area contributed by atoms with E-state index in [0.717, 1.165) is 134 Å². The number of aromatic nitrogens is 2. The SMILES string of the molecule is C.C1CCCNCC1.CCN(CC)CC.CO.ClCCl.Nc1cc(C(F)(F)F)ccc1N1CCCCCC1.O=C(Cl)c1cc[nH+]cc1.O=C(Nc1cc(C(F)(F)F)ccc1N1CCCCCC1)c1ccncc1.O=[N+]([O-])c1cc(C(F)(F)F)ccc1F.O=[N+]([O-])c1cc(C(F)(F)F)ccc1N1CCCCCC1.[Cl-]. The first kappa shape index (κ1) is 100. The summed E-state index contributed by atoms with van der Waals surface area (Å²) in [6, 6.07) is 17.2. The zero-order valence-electron chi connectivity index (χ0n) is 59.9. The van der Waals surface area contributed by atoms with Crippen molar-refractivity contribution in [1.29, 1.82) is 0 Å². The van der Waals surface area contributed by atoms with E-state index in [0.29, 0.717) is 48.1 Å². The largest absolute Gasteiger partial charge is 1.00 e. The number of carbonyl (C=O) groups excluding carboxylic acids is 2. The highest BCUT2D eigenvalue weighted by Crippen LogP contribution is 2.40. The maximum Gasteiger partial charge on any atom is 0.416 e. The van der Waals surface area contributed by atoms with E-state index in [4.69, 9.17) is 45.6 Å². The number of hydrogen-bond donors (Lipinski definition) is 4. The van der Waals surface area contributed by atoms with Crippen LogP contribution in [0, 0.1) is 26.0 Å². The van der Waals surface area contributed by atoms with Crippen molar-refractivity contribution in [3.63, 3.8) is 0 Å². The Bertz CT molecular complexity index is 3470. The van der Waals surface area contributed by atoms with Gasteiger partial charge in [0.1, 0.15) is 5.69 Å². The van der Waals surface area contributed by atoms with Gasteiger partial charge in [0.05, 0.1) is 60.2 Å². The summed E-state index contributed by atoms with van der Waals surface area (Å²) in [6.07, 6.45) is 6.39. The Balaban J connectivity index is 0.00000127.